The number of halogens is 1. The first kappa shape index (κ1) is 24.9. The van der Waals surface area contributed by atoms with Gasteiger partial charge in [-0.25, -0.2) is 4.39 Å². The first-order chi connectivity index (χ1) is 17.0. The summed E-state index contributed by atoms with van der Waals surface area (Å²) < 4.78 is 28.5. The van der Waals surface area contributed by atoms with Crippen molar-refractivity contribution >= 4 is 40.6 Å². The summed E-state index contributed by atoms with van der Waals surface area (Å²) in [5.74, 6) is -1.80. The number of aromatic nitrogens is 1. The van der Waals surface area contributed by atoms with Crippen molar-refractivity contribution in [3.63, 3.8) is 0 Å². The molecule has 0 spiro atoms. The molecule has 1 aliphatic heterocycles. The molecule has 2 aromatic carbocycles. The number of nitrogens with zero attached hydrogens (tertiary/aromatic N) is 2. The minimum absolute atomic E-state index is 0.00238. The molecule has 12 heteroatoms. The lowest BCUT2D eigenvalue weighted by molar-refractivity contribution is -0.123. The van der Waals surface area contributed by atoms with E-state index in [1.807, 2.05) is 0 Å². The minimum atomic E-state index is -1.25. The van der Waals surface area contributed by atoms with E-state index in [1.165, 1.54) is 29.2 Å². The number of primary amides is 1. The summed E-state index contributed by atoms with van der Waals surface area (Å²) in [6, 6.07) is 8.71. The molecule has 3 aromatic rings. The van der Waals surface area contributed by atoms with Crippen LogP contribution in [0.25, 0.3) is 0 Å². The molecule has 5 N–H and O–H groups in total. The largest absolute Gasteiger partial charge is 0.454 e. The summed E-state index contributed by atoms with van der Waals surface area (Å²) in [4.78, 5) is 40.5. The molecule has 1 aromatic heterocycles. The molecule has 0 saturated carbocycles. The predicted octanol–water partition coefficient (Wildman–Crippen LogP) is 2.99. The first-order valence-electron chi connectivity index (χ1n) is 10.8. The highest BCUT2D eigenvalue weighted by Crippen LogP contribution is 2.39. The number of carbonyl (C=O) groups is 3. The fourth-order valence-corrected chi connectivity index (χ4v) is 4.40. The van der Waals surface area contributed by atoms with Crippen LogP contribution in [-0.2, 0) is 4.79 Å². The number of rotatable bonds is 6. The smallest absolute Gasteiger partial charge is 0.273 e. The number of anilines is 2. The van der Waals surface area contributed by atoms with E-state index in [4.69, 9.17) is 20.9 Å². The Hall–Kier alpha value is -4.19. The molecule has 1 atom stereocenters. The molecule has 188 valence electrons. The molecule has 36 heavy (non-hydrogen) atoms. The SMILES string of the molecule is CC(C)(C)NC(=O)C(c1ccc(F)cc1)N(C(=O)c1snc(C(N)=O)c1N)c1ccc2c(c1)OCO2. The number of ether oxygens (including phenoxy) is 2. The Morgan fingerprint density at radius 1 is 1.11 bits per heavy atom. The molecule has 4 rings (SSSR count). The Morgan fingerprint density at radius 3 is 2.39 bits per heavy atom. The number of nitrogen functional groups attached to an aromatic ring is 1. The number of amides is 3. The second-order valence-corrected chi connectivity index (χ2v) is 9.82. The highest BCUT2D eigenvalue weighted by molar-refractivity contribution is 7.09. The lowest BCUT2D eigenvalue weighted by Crippen LogP contribution is -2.49. The van der Waals surface area contributed by atoms with Gasteiger partial charge in [0.25, 0.3) is 11.8 Å². The van der Waals surface area contributed by atoms with Gasteiger partial charge in [0.1, 0.15) is 16.7 Å². The molecular weight excluding hydrogens is 489 g/mol. The molecule has 10 nitrogen and oxygen atoms in total. The number of carbonyl (C=O) groups excluding carboxylic acids is 3. The van der Waals surface area contributed by atoms with E-state index in [0.717, 1.165) is 0 Å². The number of hydrogen-bond donors (Lipinski definition) is 3. The van der Waals surface area contributed by atoms with Gasteiger partial charge in [0, 0.05) is 17.3 Å². The van der Waals surface area contributed by atoms with Gasteiger partial charge in [-0.2, -0.15) is 4.37 Å². The van der Waals surface area contributed by atoms with E-state index in [2.05, 4.69) is 9.69 Å². The Kier molecular flexibility index (Phi) is 6.55. The quantitative estimate of drug-likeness (QED) is 0.459. The number of fused-ring (bicyclic) bond motifs is 1. The van der Waals surface area contributed by atoms with Gasteiger partial charge in [0.15, 0.2) is 17.2 Å². The zero-order valence-electron chi connectivity index (χ0n) is 19.7. The van der Waals surface area contributed by atoms with Crippen molar-refractivity contribution in [1.29, 1.82) is 0 Å². The van der Waals surface area contributed by atoms with E-state index in [9.17, 15) is 18.8 Å². The minimum Gasteiger partial charge on any atom is -0.454 e. The van der Waals surface area contributed by atoms with Crippen LogP contribution in [0.3, 0.4) is 0 Å². The van der Waals surface area contributed by atoms with Crippen LogP contribution in [0.5, 0.6) is 11.5 Å². The summed E-state index contributed by atoms with van der Waals surface area (Å²) in [6.45, 7) is 5.38. The van der Waals surface area contributed by atoms with Crippen LogP contribution in [0.2, 0.25) is 0 Å². The van der Waals surface area contributed by atoms with Crippen molar-refractivity contribution in [2.75, 3.05) is 17.4 Å². The van der Waals surface area contributed by atoms with Crippen molar-refractivity contribution in [2.24, 2.45) is 5.73 Å². The normalized spacial score (nSPS) is 13.2. The fraction of sp³-hybridized carbons (Fsp3) is 0.250. The molecule has 0 bridgehead atoms. The summed E-state index contributed by atoms with van der Waals surface area (Å²) in [5, 5.41) is 2.88. The summed E-state index contributed by atoms with van der Waals surface area (Å²) in [7, 11) is 0. The van der Waals surface area contributed by atoms with Crippen LogP contribution in [0.1, 0.15) is 52.5 Å². The molecule has 0 aliphatic carbocycles. The Morgan fingerprint density at radius 2 is 1.78 bits per heavy atom. The number of nitrogens with two attached hydrogens (primary N) is 2. The maximum Gasteiger partial charge on any atom is 0.273 e. The van der Waals surface area contributed by atoms with Gasteiger partial charge in [-0.1, -0.05) is 12.1 Å². The van der Waals surface area contributed by atoms with Gasteiger partial charge >= 0.3 is 0 Å². The monoisotopic (exact) mass is 513 g/mol. The van der Waals surface area contributed by atoms with E-state index >= 15 is 0 Å². The fourth-order valence-electron chi connectivity index (χ4n) is 3.66. The Bertz CT molecular complexity index is 1340. The van der Waals surface area contributed by atoms with Gasteiger partial charge < -0.3 is 26.3 Å². The lowest BCUT2D eigenvalue weighted by atomic mass is 10.00. The van der Waals surface area contributed by atoms with Gasteiger partial charge in [0.05, 0.1) is 5.69 Å². The van der Waals surface area contributed by atoms with Crippen LogP contribution in [0.15, 0.2) is 42.5 Å². The van der Waals surface area contributed by atoms with Crippen molar-refractivity contribution in [3.05, 3.63) is 64.4 Å². The second kappa shape index (κ2) is 9.46. The van der Waals surface area contributed by atoms with Crippen molar-refractivity contribution in [3.8, 4) is 11.5 Å². The molecule has 0 saturated heterocycles. The molecule has 0 radical (unpaired) electrons. The highest BCUT2D eigenvalue weighted by atomic mass is 32.1. The van der Waals surface area contributed by atoms with Crippen LogP contribution in [0.4, 0.5) is 15.8 Å². The molecular formula is C24H24FN5O5S. The van der Waals surface area contributed by atoms with Crippen LogP contribution < -0.4 is 31.2 Å². The molecule has 3 amide bonds. The van der Waals surface area contributed by atoms with E-state index in [0.29, 0.717) is 28.6 Å². The highest BCUT2D eigenvalue weighted by Gasteiger charge is 2.37. The van der Waals surface area contributed by atoms with Crippen LogP contribution in [-0.4, -0.2) is 34.4 Å². The molecule has 2 heterocycles. The average Bonchev–Trinajstić information content (AvgIpc) is 3.42. The Balaban J connectivity index is 1.91. The number of benzene rings is 2. The summed E-state index contributed by atoms with van der Waals surface area (Å²) in [5.41, 5.74) is 10.9. The average molecular weight is 514 g/mol. The number of nitrogens with one attached hydrogen (secondary N) is 1. The molecule has 1 aliphatic rings. The maximum atomic E-state index is 14.0. The van der Waals surface area contributed by atoms with Crippen molar-refractivity contribution in [2.45, 2.75) is 32.4 Å². The van der Waals surface area contributed by atoms with Gasteiger partial charge in [-0.05, 0) is 62.1 Å². The summed E-state index contributed by atoms with van der Waals surface area (Å²) >= 11 is 0.686. The lowest BCUT2D eigenvalue weighted by Gasteiger charge is -2.33. The van der Waals surface area contributed by atoms with Crippen molar-refractivity contribution in [1.82, 2.24) is 9.69 Å². The van der Waals surface area contributed by atoms with Gasteiger partial charge in [-0.15, -0.1) is 0 Å². The Labute approximate surface area is 210 Å². The van der Waals surface area contributed by atoms with E-state index in [1.54, 1.807) is 39.0 Å². The third-order valence-electron chi connectivity index (χ3n) is 5.20. The zero-order chi connectivity index (χ0) is 26.2. The molecule has 1 unspecified atom stereocenters. The maximum absolute atomic E-state index is 14.0. The zero-order valence-corrected chi connectivity index (χ0v) is 20.5. The van der Waals surface area contributed by atoms with Gasteiger partial charge in [0.2, 0.25) is 12.7 Å². The van der Waals surface area contributed by atoms with Crippen LogP contribution in [0, 0.1) is 5.82 Å². The van der Waals surface area contributed by atoms with E-state index in [-0.39, 0.29) is 28.7 Å². The molecule has 0 fully saturated rings. The van der Waals surface area contributed by atoms with Crippen LogP contribution >= 0.6 is 11.5 Å². The van der Waals surface area contributed by atoms with E-state index < -0.39 is 35.1 Å². The third-order valence-corrected chi connectivity index (χ3v) is 6.05. The predicted molar refractivity (Wildman–Crippen MR) is 131 cm³/mol. The first-order valence-corrected chi connectivity index (χ1v) is 11.6. The summed E-state index contributed by atoms with van der Waals surface area (Å²) in [6.07, 6.45) is 0. The standard InChI is InChI=1S/C24H24FN5O5S/c1-24(2,3)28-22(32)19(12-4-6-13(25)7-5-12)30(14-8-9-15-16(10-14)35-11-34-15)23(33)20-17(26)18(21(27)31)29-36-20/h4-10,19H,11,26H2,1-3H3,(H2,27,31)(H,28,32). The second-order valence-electron chi connectivity index (χ2n) is 9.04. The topological polar surface area (TPSA) is 150 Å². The van der Waals surface area contributed by atoms with Crippen molar-refractivity contribution < 1.29 is 28.2 Å². The number of hydrogen-bond acceptors (Lipinski definition) is 8. The third kappa shape index (κ3) is 4.93. The van der Waals surface area contributed by atoms with Gasteiger partial charge in [-0.3, -0.25) is 19.3 Å².